The maximum atomic E-state index is 8.77. The SMILES string of the molecule is N#CCCN(CCC1CCCC1)c1ccccc1. The van der Waals surface area contributed by atoms with E-state index in [4.69, 9.17) is 5.26 Å². The predicted octanol–water partition coefficient (Wildman–Crippen LogP) is 3.99. The van der Waals surface area contributed by atoms with E-state index in [9.17, 15) is 0 Å². The van der Waals surface area contributed by atoms with Crippen LogP contribution in [0.4, 0.5) is 5.69 Å². The Kier molecular flexibility index (Phi) is 5.08. The molecule has 0 N–H and O–H groups in total. The zero-order valence-electron chi connectivity index (χ0n) is 11.0. The lowest BCUT2D eigenvalue weighted by Crippen LogP contribution is -2.26. The number of anilines is 1. The van der Waals surface area contributed by atoms with Gasteiger partial charge in [0.25, 0.3) is 0 Å². The molecular weight excluding hydrogens is 220 g/mol. The smallest absolute Gasteiger partial charge is 0.0640 e. The molecule has 0 bridgehead atoms. The molecule has 2 rings (SSSR count). The Bertz CT molecular complexity index is 374. The van der Waals surface area contributed by atoms with Gasteiger partial charge >= 0.3 is 0 Å². The number of rotatable bonds is 6. The zero-order chi connectivity index (χ0) is 12.6. The van der Waals surface area contributed by atoms with E-state index in [1.807, 2.05) is 6.07 Å². The fraction of sp³-hybridized carbons (Fsp3) is 0.562. The molecule has 1 aromatic rings. The van der Waals surface area contributed by atoms with Gasteiger partial charge in [0.05, 0.1) is 12.5 Å². The van der Waals surface area contributed by atoms with E-state index in [1.54, 1.807) is 0 Å². The monoisotopic (exact) mass is 242 g/mol. The fourth-order valence-corrected chi connectivity index (χ4v) is 2.83. The second-order valence-electron chi connectivity index (χ2n) is 5.17. The molecule has 2 heteroatoms. The molecule has 1 aromatic carbocycles. The Morgan fingerprint density at radius 3 is 2.50 bits per heavy atom. The zero-order valence-corrected chi connectivity index (χ0v) is 11.0. The topological polar surface area (TPSA) is 27.0 Å². The van der Waals surface area contributed by atoms with Crippen LogP contribution in [0.3, 0.4) is 0 Å². The van der Waals surface area contributed by atoms with Gasteiger partial charge < -0.3 is 4.90 Å². The summed E-state index contributed by atoms with van der Waals surface area (Å²) < 4.78 is 0. The Labute approximate surface area is 110 Å². The first-order valence-electron chi connectivity index (χ1n) is 7.07. The summed E-state index contributed by atoms with van der Waals surface area (Å²) in [6, 6.07) is 12.7. The second kappa shape index (κ2) is 7.06. The van der Waals surface area contributed by atoms with Crippen LogP contribution in [0.5, 0.6) is 0 Å². The number of hydrogen-bond donors (Lipinski definition) is 0. The van der Waals surface area contributed by atoms with Crippen LogP contribution in [0, 0.1) is 17.2 Å². The van der Waals surface area contributed by atoms with Crippen molar-refractivity contribution in [3.8, 4) is 6.07 Å². The first-order chi connectivity index (χ1) is 8.90. The Balaban J connectivity index is 1.90. The van der Waals surface area contributed by atoms with E-state index in [0.29, 0.717) is 6.42 Å². The van der Waals surface area contributed by atoms with Crippen LogP contribution in [0.2, 0.25) is 0 Å². The summed E-state index contributed by atoms with van der Waals surface area (Å²) in [6.07, 6.45) is 7.52. The number of nitrogens with zero attached hydrogens (tertiary/aromatic N) is 2. The van der Waals surface area contributed by atoms with Gasteiger partial charge in [-0.05, 0) is 24.5 Å². The number of para-hydroxylation sites is 1. The molecule has 0 saturated heterocycles. The van der Waals surface area contributed by atoms with Crippen molar-refractivity contribution >= 4 is 5.69 Å². The number of hydrogen-bond acceptors (Lipinski definition) is 2. The molecule has 96 valence electrons. The minimum absolute atomic E-state index is 0.611. The molecule has 0 unspecified atom stereocenters. The van der Waals surface area contributed by atoms with Crippen molar-refractivity contribution in [1.82, 2.24) is 0 Å². The molecule has 0 heterocycles. The van der Waals surface area contributed by atoms with Gasteiger partial charge in [-0.1, -0.05) is 43.9 Å². The minimum Gasteiger partial charge on any atom is -0.370 e. The molecule has 0 aliphatic heterocycles. The van der Waals surface area contributed by atoms with Crippen molar-refractivity contribution in [2.24, 2.45) is 5.92 Å². The molecular formula is C16H22N2. The van der Waals surface area contributed by atoms with Crippen molar-refractivity contribution in [3.05, 3.63) is 30.3 Å². The maximum Gasteiger partial charge on any atom is 0.0640 e. The first-order valence-corrected chi connectivity index (χ1v) is 7.07. The van der Waals surface area contributed by atoms with Crippen molar-refractivity contribution < 1.29 is 0 Å². The van der Waals surface area contributed by atoms with E-state index in [-0.39, 0.29) is 0 Å². The predicted molar refractivity (Wildman–Crippen MR) is 75.5 cm³/mol. The normalized spacial score (nSPS) is 15.5. The highest BCUT2D eigenvalue weighted by atomic mass is 15.1. The maximum absolute atomic E-state index is 8.77. The second-order valence-corrected chi connectivity index (χ2v) is 5.17. The van der Waals surface area contributed by atoms with Gasteiger partial charge in [-0.3, -0.25) is 0 Å². The summed E-state index contributed by atoms with van der Waals surface area (Å²) in [7, 11) is 0. The Morgan fingerprint density at radius 1 is 1.11 bits per heavy atom. The van der Waals surface area contributed by atoms with Gasteiger partial charge in [-0.25, -0.2) is 0 Å². The lowest BCUT2D eigenvalue weighted by atomic mass is 10.0. The van der Waals surface area contributed by atoms with Crippen molar-refractivity contribution in [2.45, 2.75) is 38.5 Å². The molecule has 1 aliphatic carbocycles. The van der Waals surface area contributed by atoms with Gasteiger partial charge in [-0.2, -0.15) is 5.26 Å². The first kappa shape index (κ1) is 13.0. The van der Waals surface area contributed by atoms with Gasteiger partial charge in [0.1, 0.15) is 0 Å². The molecule has 0 amide bonds. The van der Waals surface area contributed by atoms with E-state index in [1.165, 1.54) is 37.8 Å². The van der Waals surface area contributed by atoms with Crippen LogP contribution in [0.15, 0.2) is 30.3 Å². The summed E-state index contributed by atoms with van der Waals surface area (Å²) in [4.78, 5) is 2.36. The van der Waals surface area contributed by atoms with Crippen LogP contribution in [-0.2, 0) is 0 Å². The van der Waals surface area contributed by atoms with Gasteiger partial charge in [0.2, 0.25) is 0 Å². The third-order valence-electron chi connectivity index (χ3n) is 3.90. The average Bonchev–Trinajstić information content (AvgIpc) is 2.93. The molecule has 1 fully saturated rings. The lowest BCUT2D eigenvalue weighted by Gasteiger charge is -2.25. The van der Waals surface area contributed by atoms with Gasteiger partial charge in [0.15, 0.2) is 0 Å². The molecule has 1 saturated carbocycles. The summed E-state index contributed by atoms with van der Waals surface area (Å²) in [5, 5.41) is 8.77. The highest BCUT2D eigenvalue weighted by Gasteiger charge is 2.16. The molecule has 0 spiro atoms. The molecule has 0 atom stereocenters. The number of benzene rings is 1. The molecule has 0 aromatic heterocycles. The van der Waals surface area contributed by atoms with Gasteiger partial charge in [-0.15, -0.1) is 0 Å². The minimum atomic E-state index is 0.611. The molecule has 0 radical (unpaired) electrons. The van der Waals surface area contributed by atoms with Crippen molar-refractivity contribution in [3.63, 3.8) is 0 Å². The molecule has 1 aliphatic rings. The Morgan fingerprint density at radius 2 is 1.83 bits per heavy atom. The molecule has 2 nitrogen and oxygen atoms in total. The van der Waals surface area contributed by atoms with Crippen LogP contribution in [-0.4, -0.2) is 13.1 Å². The van der Waals surface area contributed by atoms with Crippen molar-refractivity contribution in [1.29, 1.82) is 5.26 Å². The summed E-state index contributed by atoms with van der Waals surface area (Å²) in [5.41, 5.74) is 1.26. The largest absolute Gasteiger partial charge is 0.370 e. The summed E-state index contributed by atoms with van der Waals surface area (Å²) in [6.45, 7) is 1.95. The third kappa shape index (κ3) is 3.77. The van der Waals surface area contributed by atoms with E-state index in [2.05, 4.69) is 35.2 Å². The molecule has 18 heavy (non-hydrogen) atoms. The highest BCUT2D eigenvalue weighted by Crippen LogP contribution is 2.28. The van der Waals surface area contributed by atoms with Crippen LogP contribution in [0.1, 0.15) is 38.5 Å². The average molecular weight is 242 g/mol. The summed E-state index contributed by atoms with van der Waals surface area (Å²) >= 11 is 0. The van der Waals surface area contributed by atoms with Crippen LogP contribution >= 0.6 is 0 Å². The lowest BCUT2D eigenvalue weighted by molar-refractivity contribution is 0.499. The quantitative estimate of drug-likeness (QED) is 0.754. The van der Waals surface area contributed by atoms with Crippen LogP contribution < -0.4 is 4.90 Å². The van der Waals surface area contributed by atoms with Gasteiger partial charge in [0, 0.05) is 18.8 Å². The third-order valence-corrected chi connectivity index (χ3v) is 3.90. The van der Waals surface area contributed by atoms with Crippen molar-refractivity contribution in [2.75, 3.05) is 18.0 Å². The van der Waals surface area contributed by atoms with Crippen LogP contribution in [0.25, 0.3) is 0 Å². The summed E-state index contributed by atoms with van der Waals surface area (Å²) in [5.74, 6) is 0.915. The van der Waals surface area contributed by atoms with E-state index >= 15 is 0 Å². The van der Waals surface area contributed by atoms with E-state index < -0.39 is 0 Å². The highest BCUT2D eigenvalue weighted by molar-refractivity contribution is 5.45. The standard InChI is InChI=1S/C16H22N2/c17-12-6-13-18(16-9-2-1-3-10-16)14-11-15-7-4-5-8-15/h1-3,9-10,15H,4-8,11,13-14H2. The Hall–Kier alpha value is -1.49. The number of nitriles is 1. The fourth-order valence-electron chi connectivity index (χ4n) is 2.83. The van der Waals surface area contributed by atoms with E-state index in [0.717, 1.165) is 19.0 Å².